The minimum absolute atomic E-state index is 0.00642. The molecule has 5 aromatic carbocycles. The van der Waals surface area contributed by atoms with Gasteiger partial charge >= 0.3 is 5.69 Å². The van der Waals surface area contributed by atoms with Gasteiger partial charge in [-0.2, -0.15) is 4.72 Å². The number of carbonyl (C=O) groups is 1. The third kappa shape index (κ3) is 9.88. The van der Waals surface area contributed by atoms with Crippen LogP contribution in [0.4, 0.5) is 0 Å². The predicted octanol–water partition coefficient (Wildman–Crippen LogP) is 6.46. The van der Waals surface area contributed by atoms with Crippen LogP contribution in [-0.4, -0.2) is 65.7 Å². The minimum atomic E-state index is -3.98. The summed E-state index contributed by atoms with van der Waals surface area (Å²) in [5.41, 5.74) is 6.96. The van der Waals surface area contributed by atoms with E-state index in [1.54, 1.807) is 12.1 Å². The Morgan fingerprint density at radius 1 is 0.820 bits per heavy atom. The number of amides is 1. The number of nitrogens with zero attached hydrogens (tertiary/aromatic N) is 2. The second-order valence-corrected chi connectivity index (χ2v) is 18.0. The summed E-state index contributed by atoms with van der Waals surface area (Å²) < 4.78 is 44.8. The molecule has 0 unspecified atom stereocenters. The maximum absolute atomic E-state index is 13.7. The number of rotatable bonds is 14. The number of hydrogen-bond acceptors (Lipinski definition) is 8. The molecule has 5 atom stereocenters. The lowest BCUT2D eigenvalue weighted by molar-refractivity contribution is -0.276. The van der Waals surface area contributed by atoms with Crippen LogP contribution in [-0.2, 0) is 43.9 Å². The second kappa shape index (κ2) is 18.7. The molecule has 318 valence electrons. The summed E-state index contributed by atoms with van der Waals surface area (Å²) in [5.74, 6) is -0.432. The third-order valence-electron chi connectivity index (χ3n) is 12.1. The van der Waals surface area contributed by atoms with Gasteiger partial charge in [-0.1, -0.05) is 116 Å². The third-order valence-corrected chi connectivity index (χ3v) is 13.5. The molecule has 0 spiro atoms. The predicted molar refractivity (Wildman–Crippen MR) is 234 cm³/mol. The number of fused-ring (bicyclic) bond motifs is 1. The maximum Gasteiger partial charge on any atom is 0.326 e. The molecule has 2 saturated heterocycles. The van der Waals surface area contributed by atoms with Crippen molar-refractivity contribution in [2.45, 2.75) is 81.7 Å². The second-order valence-electron chi connectivity index (χ2n) is 16.3. The molecule has 0 radical (unpaired) electrons. The van der Waals surface area contributed by atoms with Crippen LogP contribution >= 0.6 is 0 Å². The SMILES string of the molecule is Cc1ccc(S(=O)(=O)N[C@H](Cc2ccccc2)C(=O)NCc2ccc([C@@H]3O[C@H](CN4CCC(n5c(=O)[nH]c6ccccc65)CC4)[C@H](C)[C@H](c4ccc(CO)cc4)O3)cc2)cc1. The number of sulfonamides is 1. The Kier molecular flexibility index (Phi) is 13.0. The van der Waals surface area contributed by atoms with Crippen molar-refractivity contribution in [2.24, 2.45) is 5.92 Å². The number of H-pyrrole nitrogens is 1. The number of aliphatic hydroxyl groups excluding tert-OH is 1. The van der Waals surface area contributed by atoms with Crippen LogP contribution in [0.5, 0.6) is 0 Å². The molecule has 61 heavy (non-hydrogen) atoms. The number of ether oxygens (including phenoxy) is 2. The lowest BCUT2D eigenvalue weighted by atomic mass is 9.89. The average molecular weight is 844 g/mol. The molecule has 6 aromatic rings. The fraction of sp³-hybridized carbons (Fsp3) is 0.333. The van der Waals surface area contributed by atoms with Gasteiger partial charge in [-0.3, -0.25) is 9.36 Å². The summed E-state index contributed by atoms with van der Waals surface area (Å²) >= 11 is 0. The number of benzene rings is 5. The highest BCUT2D eigenvalue weighted by atomic mass is 32.2. The average Bonchev–Trinajstić information content (AvgIpc) is 3.62. The maximum atomic E-state index is 13.7. The smallest absolute Gasteiger partial charge is 0.326 e. The topological polar surface area (TPSA) is 155 Å². The van der Waals surface area contributed by atoms with E-state index >= 15 is 0 Å². The van der Waals surface area contributed by atoms with Crippen molar-refractivity contribution in [2.75, 3.05) is 19.6 Å². The molecule has 3 heterocycles. The molecule has 0 saturated carbocycles. The van der Waals surface area contributed by atoms with Crippen LogP contribution in [0.1, 0.15) is 71.6 Å². The Hall–Kier alpha value is -5.41. The van der Waals surface area contributed by atoms with Crippen molar-refractivity contribution < 1.29 is 27.8 Å². The van der Waals surface area contributed by atoms with E-state index in [-0.39, 0.29) is 54.3 Å². The fourth-order valence-electron chi connectivity index (χ4n) is 8.49. The van der Waals surface area contributed by atoms with Gasteiger partial charge in [0.25, 0.3) is 0 Å². The first kappa shape index (κ1) is 42.3. The fourth-order valence-corrected chi connectivity index (χ4v) is 9.69. The zero-order valence-electron chi connectivity index (χ0n) is 34.4. The zero-order chi connectivity index (χ0) is 42.5. The van der Waals surface area contributed by atoms with Crippen LogP contribution in [0.15, 0.2) is 137 Å². The summed E-state index contributed by atoms with van der Waals surface area (Å²) in [6.07, 6.45) is 0.761. The van der Waals surface area contributed by atoms with Crippen molar-refractivity contribution in [3.05, 3.63) is 171 Å². The normalized spacial score (nSPS) is 20.7. The highest BCUT2D eigenvalue weighted by molar-refractivity contribution is 7.89. The first-order chi connectivity index (χ1) is 29.5. The summed E-state index contributed by atoms with van der Waals surface area (Å²) in [6.45, 7) is 6.53. The van der Waals surface area contributed by atoms with E-state index in [2.05, 4.69) is 26.8 Å². The largest absolute Gasteiger partial charge is 0.392 e. The molecule has 4 N–H and O–H groups in total. The van der Waals surface area contributed by atoms with Gasteiger partial charge < -0.3 is 29.8 Å². The standard InChI is InChI=1S/C48H53N5O7S/c1-32-12-22-40(23-13-32)61(57,58)51-42(28-34-8-4-3-5-9-34)46(55)49-29-35-14-20-38(21-15-35)47-59-44(33(2)45(60-47)37-18-16-36(31-54)17-19-37)30-52-26-24-39(25-27-52)53-43-11-7-6-10-41(43)50-48(53)56/h3-23,33,39,42,44-45,47,51,54H,24-31H2,1-2H3,(H,49,55)(H,50,56)/t33-,42+,44+,45+,47+/m0/s1. The molecule has 12 nitrogen and oxygen atoms in total. The summed E-state index contributed by atoms with van der Waals surface area (Å²) in [5, 5.41) is 12.6. The lowest BCUT2D eigenvalue weighted by Gasteiger charge is -2.44. The van der Waals surface area contributed by atoms with Gasteiger partial charge in [-0.25, -0.2) is 13.2 Å². The van der Waals surface area contributed by atoms with Crippen LogP contribution in [0.2, 0.25) is 0 Å². The van der Waals surface area contributed by atoms with Crippen LogP contribution in [0, 0.1) is 12.8 Å². The Balaban J connectivity index is 0.947. The molecule has 2 fully saturated rings. The number of para-hydroxylation sites is 2. The van der Waals surface area contributed by atoms with E-state index in [9.17, 15) is 23.1 Å². The zero-order valence-corrected chi connectivity index (χ0v) is 35.3. The number of aliphatic hydroxyl groups is 1. The van der Waals surface area contributed by atoms with Crippen molar-refractivity contribution >= 4 is 27.0 Å². The first-order valence-electron chi connectivity index (χ1n) is 21.0. The van der Waals surface area contributed by atoms with Gasteiger partial charge in [-0.15, -0.1) is 0 Å². The van der Waals surface area contributed by atoms with E-state index < -0.39 is 28.3 Å². The number of aryl methyl sites for hydroxylation is 1. The Labute approximate surface area is 356 Å². The molecule has 0 bridgehead atoms. The van der Waals surface area contributed by atoms with Gasteiger partial charge in [0.15, 0.2) is 6.29 Å². The van der Waals surface area contributed by atoms with Gasteiger partial charge in [0.2, 0.25) is 15.9 Å². The number of nitrogens with one attached hydrogen (secondary N) is 3. The Bertz CT molecular complexity index is 2570. The number of carbonyl (C=O) groups excluding carboxylic acids is 1. The van der Waals surface area contributed by atoms with Gasteiger partial charge in [0, 0.05) is 43.7 Å². The number of aromatic nitrogens is 2. The number of hydrogen-bond donors (Lipinski definition) is 4. The van der Waals surface area contributed by atoms with Gasteiger partial charge in [-0.05, 0) is 72.7 Å². The molecule has 2 aliphatic rings. The van der Waals surface area contributed by atoms with Crippen molar-refractivity contribution in [1.29, 1.82) is 0 Å². The summed E-state index contributed by atoms with van der Waals surface area (Å²) in [4.78, 5) is 32.1. The molecule has 1 amide bonds. The quantitative estimate of drug-likeness (QED) is 0.0975. The molecular formula is C48H53N5O7S. The summed E-state index contributed by atoms with van der Waals surface area (Å²) in [7, 11) is -3.98. The molecule has 1 aromatic heterocycles. The highest BCUT2D eigenvalue weighted by Crippen LogP contribution is 2.42. The molecule has 0 aliphatic carbocycles. The van der Waals surface area contributed by atoms with Crippen molar-refractivity contribution in [3.63, 3.8) is 0 Å². The van der Waals surface area contributed by atoms with E-state index in [1.165, 1.54) is 12.1 Å². The van der Waals surface area contributed by atoms with E-state index in [0.717, 1.165) is 70.3 Å². The van der Waals surface area contributed by atoms with Crippen molar-refractivity contribution in [1.82, 2.24) is 24.5 Å². The summed E-state index contributed by atoms with van der Waals surface area (Å²) in [6, 6.07) is 38.3. The Morgan fingerprint density at radius 2 is 1.48 bits per heavy atom. The van der Waals surface area contributed by atoms with Crippen LogP contribution < -0.4 is 15.7 Å². The highest BCUT2D eigenvalue weighted by Gasteiger charge is 2.40. The van der Waals surface area contributed by atoms with Crippen molar-refractivity contribution in [3.8, 4) is 0 Å². The lowest BCUT2D eigenvalue weighted by Crippen LogP contribution is -2.47. The minimum Gasteiger partial charge on any atom is -0.392 e. The number of likely N-dealkylation sites (tertiary alicyclic amines) is 1. The molecule has 8 rings (SSSR count). The number of imidazole rings is 1. The molecule has 13 heteroatoms. The van der Waals surface area contributed by atoms with E-state index in [1.807, 2.05) is 115 Å². The Morgan fingerprint density at radius 3 is 2.18 bits per heavy atom. The van der Waals surface area contributed by atoms with Gasteiger partial charge in [0.05, 0.1) is 34.7 Å². The van der Waals surface area contributed by atoms with E-state index in [4.69, 9.17) is 9.47 Å². The van der Waals surface area contributed by atoms with E-state index in [0.29, 0.717) is 6.54 Å². The number of aromatic amines is 1. The monoisotopic (exact) mass is 843 g/mol. The molecule has 2 aliphatic heterocycles. The molecular weight excluding hydrogens is 791 g/mol. The first-order valence-corrected chi connectivity index (χ1v) is 22.4. The van der Waals surface area contributed by atoms with Gasteiger partial charge in [0.1, 0.15) is 6.04 Å². The van der Waals surface area contributed by atoms with Crippen LogP contribution in [0.25, 0.3) is 11.0 Å². The van der Waals surface area contributed by atoms with Crippen LogP contribution in [0.3, 0.4) is 0 Å². The number of piperidine rings is 1.